The first kappa shape index (κ1) is 12.1. The number of rotatable bonds is 4. The number of carbonyl (C=O) groups excluding carboxylic acids is 2. The van der Waals surface area contributed by atoms with E-state index in [-0.39, 0.29) is 5.56 Å². The molecular weight excluding hydrogens is 247 g/mol. The number of hydrogen-bond acceptors (Lipinski definition) is 3. The fraction of sp³-hybridized carbons (Fsp3) is 0.429. The quantitative estimate of drug-likeness (QED) is 0.846. The number of nitrogens with one attached hydrogen (secondary N) is 1. The third kappa shape index (κ3) is 2.09. The molecule has 1 aliphatic heterocycles. The molecule has 0 aromatic heterocycles. The lowest BCUT2D eigenvalue weighted by Gasteiger charge is -2.24. The first-order valence-electron chi connectivity index (χ1n) is 6.54. The van der Waals surface area contributed by atoms with Gasteiger partial charge in [-0.3, -0.25) is 9.59 Å². The molecule has 2 aliphatic rings. The number of nitrogens with zero attached hydrogens (tertiary/aromatic N) is 1. The van der Waals surface area contributed by atoms with Crippen LogP contribution in [-0.2, 0) is 4.79 Å². The Hall–Kier alpha value is -1.91. The smallest absolute Gasteiger partial charge is 0.296 e. The Morgan fingerprint density at radius 3 is 2.74 bits per heavy atom. The van der Waals surface area contributed by atoms with Crippen LogP contribution in [0, 0.1) is 11.7 Å². The summed E-state index contributed by atoms with van der Waals surface area (Å²) in [6.07, 6.45) is 2.39. The van der Waals surface area contributed by atoms with Crippen LogP contribution in [0.4, 0.5) is 15.8 Å². The predicted molar refractivity (Wildman–Crippen MR) is 70.0 cm³/mol. The highest BCUT2D eigenvalue weighted by Gasteiger charge is 2.31. The van der Waals surface area contributed by atoms with Gasteiger partial charge < -0.3 is 10.2 Å². The zero-order chi connectivity index (χ0) is 13.6. The van der Waals surface area contributed by atoms with Crippen molar-refractivity contribution < 1.29 is 14.0 Å². The van der Waals surface area contributed by atoms with E-state index in [1.165, 1.54) is 18.9 Å². The van der Waals surface area contributed by atoms with E-state index in [2.05, 4.69) is 5.32 Å². The van der Waals surface area contributed by atoms with Gasteiger partial charge in [0.1, 0.15) is 5.82 Å². The Kier molecular flexibility index (Phi) is 2.77. The van der Waals surface area contributed by atoms with Gasteiger partial charge in [0.15, 0.2) is 0 Å². The maximum atomic E-state index is 14.1. The zero-order valence-corrected chi connectivity index (χ0v) is 10.7. The lowest BCUT2D eigenvalue weighted by atomic mass is 10.1. The maximum absolute atomic E-state index is 14.1. The second kappa shape index (κ2) is 4.33. The van der Waals surface area contributed by atoms with E-state index in [1.54, 1.807) is 6.07 Å². The number of anilines is 2. The number of halogens is 1. The molecule has 1 fully saturated rings. The van der Waals surface area contributed by atoms with Gasteiger partial charge in [0.2, 0.25) is 0 Å². The van der Waals surface area contributed by atoms with Crippen LogP contribution in [0.2, 0.25) is 0 Å². The van der Waals surface area contributed by atoms with Crippen molar-refractivity contribution in [3.05, 3.63) is 23.5 Å². The molecule has 0 atom stereocenters. The number of amides is 1. The molecule has 1 heterocycles. The van der Waals surface area contributed by atoms with E-state index in [0.717, 1.165) is 6.54 Å². The summed E-state index contributed by atoms with van der Waals surface area (Å²) in [5.74, 6) is -1.14. The lowest BCUT2D eigenvalue weighted by Crippen LogP contribution is -2.26. The van der Waals surface area contributed by atoms with E-state index in [0.29, 0.717) is 23.8 Å². The summed E-state index contributed by atoms with van der Waals surface area (Å²) in [5, 5.41) is 2.48. The first-order valence-corrected chi connectivity index (χ1v) is 6.54. The summed E-state index contributed by atoms with van der Waals surface area (Å²) in [6.45, 7) is 3.50. The minimum atomic E-state index is -0.684. The molecular formula is C14H15FN2O2. The lowest BCUT2D eigenvalue weighted by molar-refractivity contribution is -0.112. The predicted octanol–water partition coefficient (Wildman–Crippen LogP) is 2.20. The summed E-state index contributed by atoms with van der Waals surface area (Å²) in [5.41, 5.74) is 1.01. The van der Waals surface area contributed by atoms with E-state index in [9.17, 15) is 14.0 Å². The molecule has 100 valence electrons. The molecule has 0 unspecified atom stereocenters. The van der Waals surface area contributed by atoms with Gasteiger partial charge in [-0.25, -0.2) is 4.39 Å². The first-order chi connectivity index (χ1) is 9.10. The molecule has 0 radical (unpaired) electrons. The zero-order valence-electron chi connectivity index (χ0n) is 10.7. The second-order valence-electron chi connectivity index (χ2n) is 5.11. The van der Waals surface area contributed by atoms with Crippen molar-refractivity contribution in [1.29, 1.82) is 0 Å². The van der Waals surface area contributed by atoms with E-state index >= 15 is 0 Å². The standard InChI is InChI=1S/C14H15FN2O2/c1-2-17(7-8-3-4-8)12-6-11-9(5-10(12)15)13(18)14(19)16-11/h5-6,8H,2-4,7H2,1H3,(H,16,18,19). The Morgan fingerprint density at radius 1 is 1.37 bits per heavy atom. The van der Waals surface area contributed by atoms with Gasteiger partial charge in [0.25, 0.3) is 11.7 Å². The van der Waals surface area contributed by atoms with E-state index < -0.39 is 17.5 Å². The topological polar surface area (TPSA) is 49.4 Å². The fourth-order valence-electron chi connectivity index (χ4n) is 2.41. The van der Waals surface area contributed by atoms with Crippen molar-refractivity contribution in [2.45, 2.75) is 19.8 Å². The molecule has 3 rings (SSSR count). The normalized spacial score (nSPS) is 17.4. The molecule has 1 aromatic rings. The van der Waals surface area contributed by atoms with Crippen LogP contribution >= 0.6 is 0 Å². The van der Waals surface area contributed by atoms with Crippen molar-refractivity contribution in [1.82, 2.24) is 0 Å². The average Bonchev–Trinajstić information content (AvgIpc) is 3.16. The Bertz CT molecular complexity index is 567. The summed E-state index contributed by atoms with van der Waals surface area (Å²) in [4.78, 5) is 24.7. The van der Waals surface area contributed by atoms with E-state index in [1.807, 2.05) is 11.8 Å². The molecule has 1 aliphatic carbocycles. The highest BCUT2D eigenvalue weighted by molar-refractivity contribution is 6.51. The average molecular weight is 262 g/mol. The number of carbonyl (C=O) groups is 2. The Labute approximate surface area is 110 Å². The van der Waals surface area contributed by atoms with Crippen molar-refractivity contribution in [2.75, 3.05) is 23.3 Å². The van der Waals surface area contributed by atoms with Crippen molar-refractivity contribution >= 4 is 23.1 Å². The fourth-order valence-corrected chi connectivity index (χ4v) is 2.41. The highest BCUT2D eigenvalue weighted by atomic mass is 19.1. The van der Waals surface area contributed by atoms with Crippen LogP contribution in [0.1, 0.15) is 30.1 Å². The molecule has 1 N–H and O–H groups in total. The van der Waals surface area contributed by atoms with Gasteiger partial charge in [0.05, 0.1) is 16.9 Å². The maximum Gasteiger partial charge on any atom is 0.296 e. The summed E-state index contributed by atoms with van der Waals surface area (Å²) >= 11 is 0. The van der Waals surface area contributed by atoms with Gasteiger partial charge >= 0.3 is 0 Å². The third-order valence-corrected chi connectivity index (χ3v) is 3.68. The molecule has 0 saturated heterocycles. The highest BCUT2D eigenvalue weighted by Crippen LogP contribution is 2.35. The number of Topliss-reactive ketones (excluding diaryl/α,β-unsaturated/α-hetero) is 1. The Morgan fingerprint density at radius 2 is 2.11 bits per heavy atom. The van der Waals surface area contributed by atoms with Gasteiger partial charge in [0, 0.05) is 13.1 Å². The summed E-state index contributed by atoms with van der Waals surface area (Å²) in [6, 6.07) is 2.74. The molecule has 1 amide bonds. The van der Waals surface area contributed by atoms with Gasteiger partial charge in [-0.1, -0.05) is 0 Å². The SMILES string of the molecule is CCN(CC1CC1)c1cc2c(cc1F)C(=O)C(=O)N2. The molecule has 19 heavy (non-hydrogen) atoms. The minimum Gasteiger partial charge on any atom is -0.369 e. The molecule has 5 heteroatoms. The van der Waals surface area contributed by atoms with Crippen LogP contribution in [0.15, 0.2) is 12.1 Å². The monoisotopic (exact) mass is 262 g/mol. The van der Waals surface area contributed by atoms with Crippen LogP contribution < -0.4 is 10.2 Å². The van der Waals surface area contributed by atoms with Gasteiger partial charge in [-0.05, 0) is 37.8 Å². The van der Waals surface area contributed by atoms with Crippen LogP contribution in [0.25, 0.3) is 0 Å². The second-order valence-corrected chi connectivity index (χ2v) is 5.11. The summed E-state index contributed by atoms with van der Waals surface area (Å²) < 4.78 is 14.1. The number of benzene rings is 1. The minimum absolute atomic E-state index is 0.133. The number of ketones is 1. The molecule has 1 saturated carbocycles. The molecule has 0 bridgehead atoms. The van der Waals surface area contributed by atoms with Crippen molar-refractivity contribution in [2.24, 2.45) is 5.92 Å². The molecule has 4 nitrogen and oxygen atoms in total. The van der Waals surface area contributed by atoms with Gasteiger partial charge in [-0.15, -0.1) is 0 Å². The van der Waals surface area contributed by atoms with Crippen LogP contribution in [0.3, 0.4) is 0 Å². The van der Waals surface area contributed by atoms with Crippen LogP contribution in [0.5, 0.6) is 0 Å². The van der Waals surface area contributed by atoms with Crippen LogP contribution in [-0.4, -0.2) is 24.8 Å². The number of fused-ring (bicyclic) bond motifs is 1. The van der Waals surface area contributed by atoms with E-state index in [4.69, 9.17) is 0 Å². The Balaban J connectivity index is 1.96. The van der Waals surface area contributed by atoms with Crippen molar-refractivity contribution in [3.63, 3.8) is 0 Å². The summed E-state index contributed by atoms with van der Waals surface area (Å²) in [7, 11) is 0. The molecule has 1 aromatic carbocycles. The molecule has 0 spiro atoms. The number of hydrogen-bond donors (Lipinski definition) is 1. The largest absolute Gasteiger partial charge is 0.369 e. The third-order valence-electron chi connectivity index (χ3n) is 3.68. The van der Waals surface area contributed by atoms with Crippen molar-refractivity contribution in [3.8, 4) is 0 Å². The van der Waals surface area contributed by atoms with Gasteiger partial charge in [-0.2, -0.15) is 0 Å².